The molecular formula is C15H19F2NO4. The molecule has 1 atom stereocenters. The Labute approximate surface area is 127 Å². The number of carboxylic acid groups (broad SMARTS) is 1. The van der Waals surface area contributed by atoms with Crippen LogP contribution < -0.4 is 10.1 Å². The molecule has 0 heterocycles. The summed E-state index contributed by atoms with van der Waals surface area (Å²) >= 11 is 0. The molecule has 0 aliphatic heterocycles. The Morgan fingerprint density at radius 3 is 2.55 bits per heavy atom. The first-order valence-corrected chi connectivity index (χ1v) is 6.87. The number of ether oxygens (including phenoxy) is 1. The smallest absolute Gasteiger partial charge is 0.308 e. The monoisotopic (exact) mass is 315 g/mol. The van der Waals surface area contributed by atoms with Crippen LogP contribution in [0.2, 0.25) is 0 Å². The van der Waals surface area contributed by atoms with Gasteiger partial charge in [-0.1, -0.05) is 13.8 Å². The fourth-order valence-corrected chi connectivity index (χ4v) is 1.86. The number of hydrogen-bond donors (Lipinski definition) is 2. The van der Waals surface area contributed by atoms with Gasteiger partial charge in [-0.15, -0.1) is 0 Å². The number of aliphatic carboxylic acids is 1. The molecule has 122 valence electrons. The van der Waals surface area contributed by atoms with Gasteiger partial charge in [0.25, 0.3) is 5.91 Å². The van der Waals surface area contributed by atoms with E-state index < -0.39 is 36.0 Å². The summed E-state index contributed by atoms with van der Waals surface area (Å²) in [6.45, 7) is 3.27. The molecule has 0 radical (unpaired) electrons. The van der Waals surface area contributed by atoms with E-state index in [0.29, 0.717) is 12.5 Å². The third-order valence-electron chi connectivity index (χ3n) is 2.90. The highest BCUT2D eigenvalue weighted by Crippen LogP contribution is 2.17. The van der Waals surface area contributed by atoms with Gasteiger partial charge >= 0.3 is 5.97 Å². The topological polar surface area (TPSA) is 75.6 Å². The van der Waals surface area contributed by atoms with Crippen LogP contribution >= 0.6 is 0 Å². The molecular weight excluding hydrogens is 296 g/mol. The number of carboxylic acids is 1. The minimum atomic E-state index is -0.987. The van der Waals surface area contributed by atoms with Crippen molar-refractivity contribution in [3.05, 3.63) is 29.8 Å². The lowest BCUT2D eigenvalue weighted by Crippen LogP contribution is -2.36. The van der Waals surface area contributed by atoms with Gasteiger partial charge in [0.2, 0.25) is 0 Å². The molecule has 1 aromatic carbocycles. The molecule has 1 rings (SSSR count). The number of hydrogen-bond acceptors (Lipinski definition) is 3. The first-order chi connectivity index (χ1) is 10.3. The summed E-state index contributed by atoms with van der Waals surface area (Å²) in [5.41, 5.74) is 0. The second-order valence-electron chi connectivity index (χ2n) is 5.33. The van der Waals surface area contributed by atoms with Crippen LogP contribution in [0.25, 0.3) is 0 Å². The molecule has 1 unspecified atom stereocenters. The van der Waals surface area contributed by atoms with Crippen molar-refractivity contribution in [2.24, 2.45) is 11.8 Å². The van der Waals surface area contributed by atoms with E-state index in [2.05, 4.69) is 5.32 Å². The van der Waals surface area contributed by atoms with E-state index in [1.165, 1.54) is 0 Å². The van der Waals surface area contributed by atoms with E-state index in [1.807, 2.05) is 13.8 Å². The Balaban J connectivity index is 2.44. The van der Waals surface area contributed by atoms with Crippen LogP contribution in [0.15, 0.2) is 18.2 Å². The van der Waals surface area contributed by atoms with Crippen LogP contribution in [0, 0.1) is 23.5 Å². The van der Waals surface area contributed by atoms with Gasteiger partial charge in [-0.25, -0.2) is 8.78 Å². The van der Waals surface area contributed by atoms with Crippen LogP contribution in [-0.4, -0.2) is 30.1 Å². The van der Waals surface area contributed by atoms with Crippen LogP contribution in [0.3, 0.4) is 0 Å². The predicted octanol–water partition coefficient (Wildman–Crippen LogP) is 2.21. The molecule has 5 nitrogen and oxygen atoms in total. The third kappa shape index (κ3) is 6.07. The zero-order valence-corrected chi connectivity index (χ0v) is 12.4. The predicted molar refractivity (Wildman–Crippen MR) is 75.4 cm³/mol. The van der Waals surface area contributed by atoms with Crippen LogP contribution in [0.4, 0.5) is 8.78 Å². The van der Waals surface area contributed by atoms with Crippen LogP contribution in [0.5, 0.6) is 5.75 Å². The minimum Gasteiger partial charge on any atom is -0.481 e. The van der Waals surface area contributed by atoms with Crippen molar-refractivity contribution < 1.29 is 28.2 Å². The van der Waals surface area contributed by atoms with E-state index in [1.54, 1.807) is 0 Å². The zero-order valence-electron chi connectivity index (χ0n) is 12.4. The molecule has 7 heteroatoms. The third-order valence-corrected chi connectivity index (χ3v) is 2.90. The molecule has 1 amide bonds. The lowest BCUT2D eigenvalue weighted by atomic mass is 9.97. The van der Waals surface area contributed by atoms with Crippen molar-refractivity contribution in [1.82, 2.24) is 5.32 Å². The molecule has 0 aliphatic carbocycles. The molecule has 2 N–H and O–H groups in total. The number of amides is 1. The van der Waals surface area contributed by atoms with Crippen molar-refractivity contribution in [3.8, 4) is 5.75 Å². The van der Waals surface area contributed by atoms with Gasteiger partial charge in [-0.2, -0.15) is 0 Å². The van der Waals surface area contributed by atoms with Gasteiger partial charge in [0, 0.05) is 12.6 Å². The number of carbonyl (C=O) groups is 2. The number of rotatable bonds is 8. The van der Waals surface area contributed by atoms with E-state index in [9.17, 15) is 18.4 Å². The fourth-order valence-electron chi connectivity index (χ4n) is 1.86. The Bertz CT molecular complexity index is 534. The summed E-state index contributed by atoms with van der Waals surface area (Å²) in [5.74, 6) is -3.95. The van der Waals surface area contributed by atoms with Gasteiger partial charge in [-0.05, 0) is 24.5 Å². The maximum absolute atomic E-state index is 13.3. The summed E-state index contributed by atoms with van der Waals surface area (Å²) < 4.78 is 30.9. The first-order valence-electron chi connectivity index (χ1n) is 6.87. The molecule has 0 saturated heterocycles. The second kappa shape index (κ2) is 8.31. The van der Waals surface area contributed by atoms with Crippen LogP contribution in [0.1, 0.15) is 20.3 Å². The largest absolute Gasteiger partial charge is 0.481 e. The SMILES string of the molecule is CC(C)CC(CNC(=O)COc1ccc(F)cc1F)C(=O)O. The molecule has 0 saturated carbocycles. The minimum absolute atomic E-state index is 0.0262. The highest BCUT2D eigenvalue weighted by molar-refractivity contribution is 5.78. The maximum Gasteiger partial charge on any atom is 0.308 e. The summed E-state index contributed by atoms with van der Waals surface area (Å²) in [4.78, 5) is 22.6. The average molecular weight is 315 g/mol. The van der Waals surface area contributed by atoms with Gasteiger partial charge in [-0.3, -0.25) is 9.59 Å². The van der Waals surface area contributed by atoms with Crippen molar-refractivity contribution in [2.75, 3.05) is 13.2 Å². The Hall–Kier alpha value is -2.18. The summed E-state index contributed by atoms with van der Waals surface area (Å²) in [7, 11) is 0. The van der Waals surface area contributed by atoms with Gasteiger partial charge in [0.15, 0.2) is 18.2 Å². The molecule has 0 bridgehead atoms. The summed E-state index contributed by atoms with van der Waals surface area (Å²) in [5, 5.41) is 11.5. The Morgan fingerprint density at radius 1 is 1.32 bits per heavy atom. The lowest BCUT2D eigenvalue weighted by molar-refractivity contribution is -0.142. The molecule has 0 spiro atoms. The average Bonchev–Trinajstić information content (AvgIpc) is 2.41. The summed E-state index contributed by atoms with van der Waals surface area (Å²) in [6.07, 6.45) is 0.434. The standard InChI is InChI=1S/C15H19F2NO4/c1-9(2)5-10(15(20)21)7-18-14(19)8-22-13-4-3-11(16)6-12(13)17/h3-4,6,9-10H,5,7-8H2,1-2H3,(H,18,19)(H,20,21). The quantitative estimate of drug-likeness (QED) is 0.771. The van der Waals surface area contributed by atoms with E-state index in [0.717, 1.165) is 12.1 Å². The zero-order chi connectivity index (χ0) is 16.7. The van der Waals surface area contributed by atoms with Crippen molar-refractivity contribution in [2.45, 2.75) is 20.3 Å². The van der Waals surface area contributed by atoms with Gasteiger partial charge < -0.3 is 15.2 Å². The number of halogens is 2. The normalized spacial score (nSPS) is 12.0. The number of nitrogens with one attached hydrogen (secondary N) is 1. The van der Waals surface area contributed by atoms with E-state index in [-0.39, 0.29) is 18.2 Å². The van der Waals surface area contributed by atoms with Gasteiger partial charge in [0.1, 0.15) is 5.82 Å². The van der Waals surface area contributed by atoms with Crippen molar-refractivity contribution in [1.29, 1.82) is 0 Å². The van der Waals surface area contributed by atoms with Gasteiger partial charge in [0.05, 0.1) is 5.92 Å². The van der Waals surface area contributed by atoms with Crippen LogP contribution in [-0.2, 0) is 9.59 Å². The second-order valence-corrected chi connectivity index (χ2v) is 5.33. The Morgan fingerprint density at radius 2 is 2.00 bits per heavy atom. The maximum atomic E-state index is 13.3. The lowest BCUT2D eigenvalue weighted by Gasteiger charge is -2.15. The molecule has 1 aromatic rings. The van der Waals surface area contributed by atoms with Crippen molar-refractivity contribution >= 4 is 11.9 Å². The molecule has 0 aromatic heterocycles. The molecule has 22 heavy (non-hydrogen) atoms. The van der Waals surface area contributed by atoms with E-state index >= 15 is 0 Å². The molecule has 0 fully saturated rings. The number of carbonyl (C=O) groups excluding carboxylic acids is 1. The van der Waals surface area contributed by atoms with E-state index in [4.69, 9.17) is 9.84 Å². The molecule has 0 aliphatic rings. The fraction of sp³-hybridized carbons (Fsp3) is 0.467. The first kappa shape index (κ1) is 17.9. The highest BCUT2D eigenvalue weighted by atomic mass is 19.1. The number of benzene rings is 1. The summed E-state index contributed by atoms with van der Waals surface area (Å²) in [6, 6.07) is 2.74. The highest BCUT2D eigenvalue weighted by Gasteiger charge is 2.19. The Kier molecular flexibility index (Phi) is 6.75. The van der Waals surface area contributed by atoms with Crippen molar-refractivity contribution in [3.63, 3.8) is 0 Å².